The van der Waals surface area contributed by atoms with Crippen molar-refractivity contribution in [2.45, 2.75) is 25.7 Å². The van der Waals surface area contributed by atoms with Gasteiger partial charge in [-0.3, -0.25) is 0 Å². The zero-order valence-corrected chi connectivity index (χ0v) is 13.2. The van der Waals surface area contributed by atoms with Crippen molar-refractivity contribution in [3.05, 3.63) is 34.4 Å². The summed E-state index contributed by atoms with van der Waals surface area (Å²) in [7, 11) is 0. The van der Waals surface area contributed by atoms with Gasteiger partial charge in [-0.1, -0.05) is 5.16 Å². The number of hydrogen-bond acceptors (Lipinski definition) is 4. The summed E-state index contributed by atoms with van der Waals surface area (Å²) in [6.45, 7) is 2.20. The second-order valence-corrected chi connectivity index (χ2v) is 6.22. The van der Waals surface area contributed by atoms with Crippen LogP contribution in [0.25, 0.3) is 11.4 Å². The number of rotatable bonds is 4. The predicted molar refractivity (Wildman–Crippen MR) is 81.3 cm³/mol. The summed E-state index contributed by atoms with van der Waals surface area (Å²) < 4.78 is 19.0. The van der Waals surface area contributed by atoms with E-state index in [0.29, 0.717) is 16.2 Å². The topological polar surface area (TPSA) is 51.0 Å². The molecule has 1 N–H and O–H groups in total. The summed E-state index contributed by atoms with van der Waals surface area (Å²) in [6, 6.07) is 4.45. The number of nitrogens with one attached hydrogen (secondary N) is 1. The van der Waals surface area contributed by atoms with E-state index in [-0.39, 0.29) is 5.82 Å². The van der Waals surface area contributed by atoms with Crippen molar-refractivity contribution in [3.8, 4) is 11.4 Å². The van der Waals surface area contributed by atoms with Gasteiger partial charge < -0.3 is 9.84 Å². The van der Waals surface area contributed by atoms with Crippen LogP contribution in [-0.4, -0.2) is 23.2 Å². The van der Waals surface area contributed by atoms with Gasteiger partial charge >= 0.3 is 0 Å². The first-order valence-corrected chi connectivity index (χ1v) is 8.00. The molecule has 0 unspecified atom stereocenters. The monoisotopic (exact) mass is 353 g/mol. The van der Waals surface area contributed by atoms with E-state index in [2.05, 4.69) is 31.4 Å². The summed E-state index contributed by atoms with van der Waals surface area (Å²) in [6.07, 6.45) is 4.30. The SMILES string of the molecule is Fc1ccc(-c2noc(CCC3CCNCC3)n2)c(Br)c1. The molecule has 1 aliphatic rings. The highest BCUT2D eigenvalue weighted by Gasteiger charge is 2.16. The van der Waals surface area contributed by atoms with Crippen LogP contribution >= 0.6 is 15.9 Å². The molecule has 1 aromatic carbocycles. The molecule has 6 heteroatoms. The van der Waals surface area contributed by atoms with Gasteiger partial charge in [-0.15, -0.1) is 0 Å². The summed E-state index contributed by atoms with van der Waals surface area (Å²) >= 11 is 3.33. The third kappa shape index (κ3) is 3.68. The second kappa shape index (κ2) is 6.66. The number of piperidine rings is 1. The molecule has 21 heavy (non-hydrogen) atoms. The number of nitrogens with zero attached hydrogens (tertiary/aromatic N) is 2. The number of aromatic nitrogens is 2. The van der Waals surface area contributed by atoms with Crippen LogP contribution in [-0.2, 0) is 6.42 Å². The van der Waals surface area contributed by atoms with E-state index in [1.54, 1.807) is 6.07 Å². The van der Waals surface area contributed by atoms with Crippen molar-refractivity contribution in [2.24, 2.45) is 5.92 Å². The lowest BCUT2D eigenvalue weighted by atomic mass is 9.93. The molecule has 0 saturated carbocycles. The molecule has 0 radical (unpaired) electrons. The Labute approximate surface area is 131 Å². The van der Waals surface area contributed by atoms with Gasteiger partial charge in [0.25, 0.3) is 0 Å². The lowest BCUT2D eigenvalue weighted by Gasteiger charge is -2.21. The van der Waals surface area contributed by atoms with Gasteiger partial charge in [0.05, 0.1) is 0 Å². The first-order valence-electron chi connectivity index (χ1n) is 7.21. The summed E-state index contributed by atoms with van der Waals surface area (Å²) in [5.74, 6) is 1.60. The standard InChI is InChI=1S/C15H17BrFN3O/c16-13-9-11(17)2-3-12(13)15-19-14(21-20-15)4-1-10-5-7-18-8-6-10/h2-3,9-10,18H,1,4-8H2. The largest absolute Gasteiger partial charge is 0.339 e. The first kappa shape index (κ1) is 14.7. The maximum absolute atomic E-state index is 13.1. The Morgan fingerprint density at radius 3 is 2.90 bits per heavy atom. The average molecular weight is 354 g/mol. The molecular weight excluding hydrogens is 337 g/mol. The molecule has 1 saturated heterocycles. The summed E-state index contributed by atoms with van der Waals surface area (Å²) in [5.41, 5.74) is 0.744. The zero-order valence-electron chi connectivity index (χ0n) is 11.6. The Kier molecular flexibility index (Phi) is 4.65. The Morgan fingerprint density at radius 1 is 1.33 bits per heavy atom. The molecule has 0 atom stereocenters. The molecule has 112 valence electrons. The fraction of sp³-hybridized carbons (Fsp3) is 0.467. The fourth-order valence-corrected chi connectivity index (χ4v) is 3.16. The van der Waals surface area contributed by atoms with E-state index in [1.807, 2.05) is 0 Å². The predicted octanol–water partition coefficient (Wildman–Crippen LogP) is 3.57. The van der Waals surface area contributed by atoms with Crippen LogP contribution in [0.5, 0.6) is 0 Å². The Balaban J connectivity index is 1.65. The van der Waals surface area contributed by atoms with Crippen LogP contribution in [0.2, 0.25) is 0 Å². The minimum Gasteiger partial charge on any atom is -0.339 e. The summed E-state index contributed by atoms with van der Waals surface area (Å²) in [5, 5.41) is 7.35. The van der Waals surface area contributed by atoms with E-state index < -0.39 is 0 Å². The number of hydrogen-bond donors (Lipinski definition) is 1. The van der Waals surface area contributed by atoms with Gasteiger partial charge in [-0.05, 0) is 72.4 Å². The van der Waals surface area contributed by atoms with Gasteiger partial charge in [-0.2, -0.15) is 4.98 Å². The van der Waals surface area contributed by atoms with Crippen molar-refractivity contribution < 1.29 is 8.91 Å². The van der Waals surface area contributed by atoms with Gasteiger partial charge in [0.15, 0.2) is 0 Å². The molecule has 2 heterocycles. The quantitative estimate of drug-likeness (QED) is 0.912. The molecule has 0 aliphatic carbocycles. The molecule has 1 aliphatic heterocycles. The number of aryl methyl sites for hydroxylation is 1. The van der Waals surface area contributed by atoms with Crippen LogP contribution in [0.1, 0.15) is 25.2 Å². The molecular formula is C15H17BrFN3O. The number of benzene rings is 1. The molecule has 0 amide bonds. The Hall–Kier alpha value is -1.27. The van der Waals surface area contributed by atoms with Crippen molar-refractivity contribution in [2.75, 3.05) is 13.1 Å². The molecule has 2 aromatic rings. The van der Waals surface area contributed by atoms with Crippen LogP contribution in [0, 0.1) is 11.7 Å². The average Bonchev–Trinajstić information content (AvgIpc) is 2.95. The van der Waals surface area contributed by atoms with Crippen molar-refractivity contribution in [1.82, 2.24) is 15.5 Å². The van der Waals surface area contributed by atoms with Gasteiger partial charge in [0.1, 0.15) is 5.82 Å². The minimum atomic E-state index is -0.291. The van der Waals surface area contributed by atoms with E-state index in [1.165, 1.54) is 25.0 Å². The van der Waals surface area contributed by atoms with Crippen LogP contribution in [0.15, 0.2) is 27.2 Å². The second-order valence-electron chi connectivity index (χ2n) is 5.37. The van der Waals surface area contributed by atoms with E-state index in [4.69, 9.17) is 4.52 Å². The Morgan fingerprint density at radius 2 is 2.14 bits per heavy atom. The maximum atomic E-state index is 13.1. The fourth-order valence-electron chi connectivity index (χ4n) is 2.63. The van der Waals surface area contributed by atoms with Crippen molar-refractivity contribution in [1.29, 1.82) is 0 Å². The summed E-state index contributed by atoms with van der Waals surface area (Å²) in [4.78, 5) is 4.41. The number of halogens is 2. The normalized spacial score (nSPS) is 16.3. The molecule has 1 fully saturated rings. The van der Waals surface area contributed by atoms with Crippen LogP contribution in [0.4, 0.5) is 4.39 Å². The first-order chi connectivity index (χ1) is 10.2. The zero-order chi connectivity index (χ0) is 14.7. The molecule has 4 nitrogen and oxygen atoms in total. The van der Waals surface area contributed by atoms with Crippen LogP contribution in [0.3, 0.4) is 0 Å². The highest BCUT2D eigenvalue weighted by molar-refractivity contribution is 9.10. The Bertz CT molecular complexity index is 611. The molecule has 3 rings (SSSR count). The third-order valence-corrected chi connectivity index (χ3v) is 4.52. The molecule has 0 spiro atoms. The van der Waals surface area contributed by atoms with Gasteiger partial charge in [0.2, 0.25) is 11.7 Å². The van der Waals surface area contributed by atoms with Gasteiger partial charge in [0, 0.05) is 16.5 Å². The van der Waals surface area contributed by atoms with Crippen molar-refractivity contribution >= 4 is 15.9 Å². The van der Waals surface area contributed by atoms with Gasteiger partial charge in [-0.25, -0.2) is 4.39 Å². The third-order valence-electron chi connectivity index (χ3n) is 3.87. The van der Waals surface area contributed by atoms with Crippen molar-refractivity contribution in [3.63, 3.8) is 0 Å². The van der Waals surface area contributed by atoms with E-state index in [9.17, 15) is 4.39 Å². The highest BCUT2D eigenvalue weighted by atomic mass is 79.9. The molecule has 0 bridgehead atoms. The lowest BCUT2D eigenvalue weighted by molar-refractivity contribution is 0.324. The maximum Gasteiger partial charge on any atom is 0.226 e. The lowest BCUT2D eigenvalue weighted by Crippen LogP contribution is -2.27. The van der Waals surface area contributed by atoms with Crippen LogP contribution < -0.4 is 5.32 Å². The molecule has 1 aromatic heterocycles. The minimum absolute atomic E-state index is 0.291. The van der Waals surface area contributed by atoms with E-state index >= 15 is 0 Å². The highest BCUT2D eigenvalue weighted by Crippen LogP contribution is 2.27. The van der Waals surface area contributed by atoms with E-state index in [0.717, 1.165) is 37.4 Å². The smallest absolute Gasteiger partial charge is 0.226 e.